The number of benzene rings is 2. The van der Waals surface area contributed by atoms with Gasteiger partial charge in [0.05, 0.1) is 0 Å². The maximum atomic E-state index is 13.2. The molecule has 1 unspecified atom stereocenters. The number of hydrogen-bond donors (Lipinski definition) is 0. The van der Waals surface area contributed by atoms with E-state index in [0.29, 0.717) is 10.8 Å². The molecule has 4 nitrogen and oxygen atoms in total. The van der Waals surface area contributed by atoms with Gasteiger partial charge in [0.1, 0.15) is 11.6 Å². The van der Waals surface area contributed by atoms with Gasteiger partial charge in [0.15, 0.2) is 17.1 Å². The zero-order chi connectivity index (χ0) is 20.3. The predicted molar refractivity (Wildman–Crippen MR) is 112 cm³/mol. The molecule has 3 aromatic rings. The summed E-state index contributed by atoms with van der Waals surface area (Å²) in [5.74, 6) is 1.84. The van der Waals surface area contributed by atoms with Gasteiger partial charge in [-0.3, -0.25) is 0 Å². The molecule has 2 aromatic carbocycles. The van der Waals surface area contributed by atoms with Gasteiger partial charge in [0.25, 0.3) is 0 Å². The quantitative estimate of drug-likeness (QED) is 0.431. The van der Waals surface area contributed by atoms with Crippen molar-refractivity contribution in [3.05, 3.63) is 69.8 Å². The van der Waals surface area contributed by atoms with Crippen molar-refractivity contribution in [3.63, 3.8) is 0 Å². The second kappa shape index (κ2) is 8.97. The first kappa shape index (κ1) is 20.7. The van der Waals surface area contributed by atoms with E-state index >= 15 is 0 Å². The van der Waals surface area contributed by atoms with Gasteiger partial charge >= 0.3 is 0 Å². The van der Waals surface area contributed by atoms with E-state index in [9.17, 15) is 4.39 Å². The van der Waals surface area contributed by atoms with Crippen molar-refractivity contribution in [3.8, 4) is 5.75 Å². The van der Waals surface area contributed by atoms with Crippen LogP contribution >= 0.6 is 23.4 Å². The Bertz CT molecular complexity index is 956. The fourth-order valence-electron chi connectivity index (χ4n) is 3.04. The average Bonchev–Trinajstić information content (AvgIpc) is 3.03. The van der Waals surface area contributed by atoms with Crippen LogP contribution in [0.1, 0.15) is 42.5 Å². The summed E-state index contributed by atoms with van der Waals surface area (Å²) in [4.78, 5) is 0. The van der Waals surface area contributed by atoms with Crippen molar-refractivity contribution < 1.29 is 9.13 Å². The monoisotopic (exact) mass is 419 g/mol. The van der Waals surface area contributed by atoms with E-state index in [0.717, 1.165) is 40.0 Å². The summed E-state index contributed by atoms with van der Waals surface area (Å²) in [6.45, 7) is 8.84. The molecule has 0 amide bonds. The van der Waals surface area contributed by atoms with E-state index in [2.05, 4.69) is 16.3 Å². The molecule has 1 atom stereocenters. The summed E-state index contributed by atoms with van der Waals surface area (Å²) >= 11 is 7.65. The standard InChI is InChI=1S/C21H23ClFN3OS/c1-5-26-20(15(4)27-18-9-13(2)8-14(3)10-18)24-25-21(26)28-12-16-6-7-17(23)11-19(16)22/h6-11,15H,5,12H2,1-4H3. The maximum Gasteiger partial charge on any atom is 0.191 e. The number of hydrogen-bond acceptors (Lipinski definition) is 4. The molecular weight excluding hydrogens is 397 g/mol. The molecule has 0 radical (unpaired) electrons. The van der Waals surface area contributed by atoms with Gasteiger partial charge in [-0.15, -0.1) is 10.2 Å². The summed E-state index contributed by atoms with van der Waals surface area (Å²) < 4.78 is 21.4. The smallest absolute Gasteiger partial charge is 0.191 e. The Kier molecular flexibility index (Phi) is 6.62. The Labute approximate surface area is 174 Å². The highest BCUT2D eigenvalue weighted by Gasteiger charge is 2.19. The van der Waals surface area contributed by atoms with Crippen LogP contribution < -0.4 is 4.74 Å². The topological polar surface area (TPSA) is 39.9 Å². The Morgan fingerprint density at radius 2 is 1.86 bits per heavy atom. The number of ether oxygens (including phenoxy) is 1. The third kappa shape index (κ3) is 4.86. The zero-order valence-corrected chi connectivity index (χ0v) is 17.9. The molecular formula is C21H23ClFN3OS. The van der Waals surface area contributed by atoms with Gasteiger partial charge < -0.3 is 9.30 Å². The molecule has 0 aliphatic rings. The molecule has 0 saturated carbocycles. The van der Waals surface area contributed by atoms with Crippen LogP contribution in [0.4, 0.5) is 4.39 Å². The fourth-order valence-corrected chi connectivity index (χ4v) is 4.37. The molecule has 7 heteroatoms. The molecule has 28 heavy (non-hydrogen) atoms. The summed E-state index contributed by atoms with van der Waals surface area (Å²) in [5, 5.41) is 9.88. The summed E-state index contributed by atoms with van der Waals surface area (Å²) in [6, 6.07) is 10.6. The number of nitrogens with zero attached hydrogens (tertiary/aromatic N) is 3. The van der Waals surface area contributed by atoms with E-state index in [4.69, 9.17) is 16.3 Å². The lowest BCUT2D eigenvalue weighted by atomic mass is 10.1. The van der Waals surface area contributed by atoms with Crippen molar-refractivity contribution in [1.29, 1.82) is 0 Å². The highest BCUT2D eigenvalue weighted by Crippen LogP contribution is 2.29. The molecule has 0 saturated heterocycles. The van der Waals surface area contributed by atoms with E-state index < -0.39 is 0 Å². The third-order valence-electron chi connectivity index (χ3n) is 4.31. The number of aryl methyl sites for hydroxylation is 2. The van der Waals surface area contributed by atoms with Crippen LogP contribution in [0.25, 0.3) is 0 Å². The highest BCUT2D eigenvalue weighted by atomic mass is 35.5. The molecule has 148 valence electrons. The van der Waals surface area contributed by atoms with Gasteiger partial charge in [-0.2, -0.15) is 0 Å². The lowest BCUT2D eigenvalue weighted by Gasteiger charge is -2.16. The van der Waals surface area contributed by atoms with E-state index in [1.54, 1.807) is 6.07 Å². The van der Waals surface area contributed by atoms with Gasteiger partial charge in [-0.05, 0) is 68.7 Å². The van der Waals surface area contributed by atoms with Crippen molar-refractivity contribution in [2.45, 2.75) is 51.3 Å². The van der Waals surface area contributed by atoms with Crippen LogP contribution in [-0.4, -0.2) is 14.8 Å². The average molecular weight is 420 g/mol. The molecule has 0 bridgehead atoms. The van der Waals surface area contributed by atoms with Crippen molar-refractivity contribution in [2.24, 2.45) is 0 Å². The molecule has 3 rings (SSSR count). The van der Waals surface area contributed by atoms with Gasteiger partial charge in [0.2, 0.25) is 0 Å². The second-order valence-electron chi connectivity index (χ2n) is 6.69. The highest BCUT2D eigenvalue weighted by molar-refractivity contribution is 7.98. The van der Waals surface area contributed by atoms with Crippen LogP contribution in [0.15, 0.2) is 41.6 Å². The van der Waals surface area contributed by atoms with Crippen molar-refractivity contribution >= 4 is 23.4 Å². The van der Waals surface area contributed by atoms with Crippen LogP contribution in [0.5, 0.6) is 5.75 Å². The molecule has 0 fully saturated rings. The van der Waals surface area contributed by atoms with Crippen LogP contribution in [-0.2, 0) is 12.3 Å². The first-order chi connectivity index (χ1) is 13.4. The fraction of sp³-hybridized carbons (Fsp3) is 0.333. The zero-order valence-electron chi connectivity index (χ0n) is 16.4. The first-order valence-corrected chi connectivity index (χ1v) is 10.5. The minimum absolute atomic E-state index is 0.239. The second-order valence-corrected chi connectivity index (χ2v) is 8.04. The lowest BCUT2D eigenvalue weighted by Crippen LogP contribution is -2.12. The summed E-state index contributed by atoms with van der Waals surface area (Å²) in [6.07, 6.45) is -0.239. The summed E-state index contributed by atoms with van der Waals surface area (Å²) in [5.41, 5.74) is 3.18. The van der Waals surface area contributed by atoms with E-state index in [1.807, 2.05) is 44.4 Å². The van der Waals surface area contributed by atoms with Crippen LogP contribution in [0, 0.1) is 19.7 Å². The van der Waals surface area contributed by atoms with Gasteiger partial charge in [-0.1, -0.05) is 35.5 Å². The third-order valence-corrected chi connectivity index (χ3v) is 5.67. The number of thioether (sulfide) groups is 1. The minimum atomic E-state index is -0.338. The van der Waals surface area contributed by atoms with E-state index in [1.165, 1.54) is 23.9 Å². The molecule has 1 aromatic heterocycles. The number of aromatic nitrogens is 3. The molecule has 0 aliphatic carbocycles. The Morgan fingerprint density at radius 1 is 1.14 bits per heavy atom. The molecule has 1 heterocycles. The Hall–Kier alpha value is -2.05. The van der Waals surface area contributed by atoms with Crippen molar-refractivity contribution in [2.75, 3.05) is 0 Å². The molecule has 0 spiro atoms. The Morgan fingerprint density at radius 3 is 2.50 bits per heavy atom. The maximum absolute atomic E-state index is 13.2. The molecule has 0 N–H and O–H groups in total. The van der Waals surface area contributed by atoms with Crippen LogP contribution in [0.2, 0.25) is 5.02 Å². The van der Waals surface area contributed by atoms with Crippen LogP contribution in [0.3, 0.4) is 0 Å². The lowest BCUT2D eigenvalue weighted by molar-refractivity contribution is 0.209. The first-order valence-electron chi connectivity index (χ1n) is 9.12. The van der Waals surface area contributed by atoms with E-state index in [-0.39, 0.29) is 11.9 Å². The predicted octanol–water partition coefficient (Wildman–Crippen LogP) is 6.14. The van der Waals surface area contributed by atoms with Gasteiger partial charge in [0, 0.05) is 17.3 Å². The Balaban J connectivity index is 1.75. The number of halogens is 2. The minimum Gasteiger partial charge on any atom is -0.483 e. The number of rotatable bonds is 7. The van der Waals surface area contributed by atoms with Crippen molar-refractivity contribution in [1.82, 2.24) is 14.8 Å². The normalized spacial score (nSPS) is 12.2. The largest absolute Gasteiger partial charge is 0.483 e. The van der Waals surface area contributed by atoms with Gasteiger partial charge in [-0.25, -0.2) is 4.39 Å². The SMILES string of the molecule is CCn1c(SCc2ccc(F)cc2Cl)nnc1C(C)Oc1cc(C)cc(C)c1. The molecule has 0 aliphatic heterocycles. The summed E-state index contributed by atoms with van der Waals surface area (Å²) in [7, 11) is 0.